The van der Waals surface area contributed by atoms with Crippen LogP contribution in [0.1, 0.15) is 106 Å². The van der Waals surface area contributed by atoms with E-state index in [4.69, 9.17) is 23.7 Å². The van der Waals surface area contributed by atoms with Crippen molar-refractivity contribution in [2.45, 2.75) is 197 Å². The first kappa shape index (κ1) is 41.2. The molecule has 3 unspecified atom stereocenters. The molecule has 0 radical (unpaired) electrons. The van der Waals surface area contributed by atoms with Crippen molar-refractivity contribution in [3.63, 3.8) is 0 Å². The lowest BCUT2D eigenvalue weighted by molar-refractivity contribution is -0.334. The molecule has 0 aromatic carbocycles. The Labute approximate surface area is 324 Å². The molecule has 0 amide bonds. The van der Waals surface area contributed by atoms with Crippen molar-refractivity contribution in [3.8, 4) is 0 Å². The number of aliphatic hydroxyl groups is 9. The molecule has 14 nitrogen and oxygen atoms in total. The van der Waals surface area contributed by atoms with Gasteiger partial charge in [0.15, 0.2) is 12.6 Å². The zero-order valence-electron chi connectivity index (χ0n) is 33.6. The predicted molar refractivity (Wildman–Crippen MR) is 194 cm³/mol. The Morgan fingerprint density at radius 1 is 0.691 bits per heavy atom. The highest BCUT2D eigenvalue weighted by Crippen LogP contribution is 2.89. The summed E-state index contributed by atoms with van der Waals surface area (Å²) >= 11 is 0. The fourth-order valence-corrected chi connectivity index (χ4v) is 15.0. The fraction of sp³-hybridized carbons (Fsp3) is 1.00. The molecule has 5 aliphatic carbocycles. The molecule has 0 bridgehead atoms. The van der Waals surface area contributed by atoms with Crippen LogP contribution in [0.15, 0.2) is 0 Å². The van der Waals surface area contributed by atoms with Gasteiger partial charge in [-0.15, -0.1) is 0 Å². The summed E-state index contributed by atoms with van der Waals surface area (Å²) in [6, 6.07) is 0. The standard InChI is InChI=1S/C41H68O14/c1-35(2)24(53-33-29(49)26(46)21(45)17-51-33)9-11-41-18-40(41)13-12-37(5)32(20(44)15-38(37,6)23(40)14-19(43)31(35)41)39(7)10-8-25(54-39)36(3,4)55-34-30(50)28(48)27(47)22(16-42)52-34/h19-34,42-50H,8-18H2,1-7H3/t19-,20-,21-,22-,23?,24-,25+,26+,27-,28+,29-,30-,31?,32+,33+,34+,37-,38+,39-,40?,41-/m1/s1. The second-order valence-corrected chi connectivity index (χ2v) is 21.0. The lowest BCUT2D eigenvalue weighted by atomic mass is 9.41. The molecule has 316 valence electrons. The van der Waals surface area contributed by atoms with Gasteiger partial charge in [-0.1, -0.05) is 27.7 Å². The van der Waals surface area contributed by atoms with E-state index in [0.29, 0.717) is 25.7 Å². The van der Waals surface area contributed by atoms with Gasteiger partial charge in [-0.25, -0.2) is 0 Å². The minimum Gasteiger partial charge on any atom is -0.394 e. The zero-order valence-corrected chi connectivity index (χ0v) is 33.6. The van der Waals surface area contributed by atoms with Crippen molar-refractivity contribution < 1.29 is 69.6 Å². The Morgan fingerprint density at radius 3 is 2.07 bits per heavy atom. The van der Waals surface area contributed by atoms with Gasteiger partial charge in [0.2, 0.25) is 0 Å². The first-order valence-electron chi connectivity index (χ1n) is 20.9. The summed E-state index contributed by atoms with van der Waals surface area (Å²) in [4.78, 5) is 0. The zero-order chi connectivity index (χ0) is 40.1. The summed E-state index contributed by atoms with van der Waals surface area (Å²) in [6.45, 7) is 14.1. The second-order valence-electron chi connectivity index (χ2n) is 21.0. The molecule has 2 spiro atoms. The molecular weight excluding hydrogens is 716 g/mol. The van der Waals surface area contributed by atoms with Crippen LogP contribution < -0.4 is 0 Å². The molecule has 0 aromatic heterocycles. The molecule has 21 atom stereocenters. The smallest absolute Gasteiger partial charge is 0.187 e. The summed E-state index contributed by atoms with van der Waals surface area (Å²) in [5, 5.41) is 96.5. The van der Waals surface area contributed by atoms with Gasteiger partial charge in [0, 0.05) is 5.92 Å². The van der Waals surface area contributed by atoms with Crippen molar-refractivity contribution in [1.82, 2.24) is 0 Å². The van der Waals surface area contributed by atoms with Crippen molar-refractivity contribution >= 4 is 0 Å². The largest absolute Gasteiger partial charge is 0.394 e. The number of fused-ring (bicyclic) bond motifs is 2. The average molecular weight is 785 g/mol. The van der Waals surface area contributed by atoms with E-state index in [1.807, 2.05) is 13.8 Å². The lowest BCUT2D eigenvalue weighted by Gasteiger charge is -2.64. The Morgan fingerprint density at radius 2 is 1.38 bits per heavy atom. The van der Waals surface area contributed by atoms with Crippen molar-refractivity contribution in [2.75, 3.05) is 13.2 Å². The van der Waals surface area contributed by atoms with E-state index >= 15 is 0 Å². The van der Waals surface area contributed by atoms with Crippen molar-refractivity contribution in [1.29, 1.82) is 0 Å². The maximum absolute atomic E-state index is 12.3. The molecular formula is C41H68O14. The molecule has 3 aliphatic heterocycles. The Balaban J connectivity index is 0.998. The Hall–Kier alpha value is -0.560. The van der Waals surface area contributed by atoms with Crippen LogP contribution in [0.5, 0.6) is 0 Å². The number of ether oxygens (including phenoxy) is 5. The van der Waals surface area contributed by atoms with Gasteiger partial charge in [-0.3, -0.25) is 0 Å². The van der Waals surface area contributed by atoms with Crippen LogP contribution in [0, 0.1) is 44.8 Å². The van der Waals surface area contributed by atoms with E-state index in [1.54, 1.807) is 0 Å². The number of aliphatic hydroxyl groups excluding tert-OH is 9. The van der Waals surface area contributed by atoms with E-state index < -0.39 is 96.8 Å². The van der Waals surface area contributed by atoms with Crippen molar-refractivity contribution in [2.24, 2.45) is 44.8 Å². The second kappa shape index (κ2) is 13.2. The third-order valence-corrected chi connectivity index (χ3v) is 17.7. The maximum Gasteiger partial charge on any atom is 0.187 e. The first-order valence-corrected chi connectivity index (χ1v) is 20.9. The minimum atomic E-state index is -1.55. The molecule has 14 heteroatoms. The summed E-state index contributed by atoms with van der Waals surface area (Å²) in [7, 11) is 0. The van der Waals surface area contributed by atoms with Gasteiger partial charge in [0.25, 0.3) is 0 Å². The lowest BCUT2D eigenvalue weighted by Crippen LogP contribution is -2.63. The highest BCUT2D eigenvalue weighted by molar-refractivity contribution is 5.33. The first-order chi connectivity index (χ1) is 25.5. The van der Waals surface area contributed by atoms with Gasteiger partial charge in [-0.05, 0) is 117 Å². The van der Waals surface area contributed by atoms with E-state index in [0.717, 1.165) is 32.1 Å². The van der Waals surface area contributed by atoms with Crippen LogP contribution in [-0.4, -0.2) is 150 Å². The quantitative estimate of drug-likeness (QED) is 0.162. The Bertz CT molecular complexity index is 1460. The van der Waals surface area contributed by atoms with E-state index in [9.17, 15) is 46.0 Å². The molecule has 3 heterocycles. The topological polar surface area (TPSA) is 228 Å². The van der Waals surface area contributed by atoms with Crippen LogP contribution in [-0.2, 0) is 23.7 Å². The van der Waals surface area contributed by atoms with Gasteiger partial charge >= 0.3 is 0 Å². The minimum absolute atomic E-state index is 0.0321. The maximum atomic E-state index is 12.3. The summed E-state index contributed by atoms with van der Waals surface area (Å²) in [5.41, 5.74) is -2.74. The predicted octanol–water partition coefficient (Wildman–Crippen LogP) is 0.724. The SMILES string of the molecule is CC(C)(O[C@@H]1O[C@H](CO)[C@@H](O)[C@H](O)[C@H]1O)[C@@H]1CC[C@](C)([C@H]2[C@H](O)C[C@@]3(C)C4C[C@@H](O)C5C(C)(C)[C@H](O[C@@H]6OC[C@@H](O)[C@H](O)[C@H]6O)CC[C@@]56CC46CC[C@]23C)O1. The monoisotopic (exact) mass is 784 g/mol. The number of hydrogen-bond acceptors (Lipinski definition) is 14. The molecule has 0 aromatic rings. The van der Waals surface area contributed by atoms with Gasteiger partial charge in [-0.2, -0.15) is 0 Å². The van der Waals surface area contributed by atoms with Crippen LogP contribution in [0.3, 0.4) is 0 Å². The average Bonchev–Trinajstić information content (AvgIpc) is 3.47. The van der Waals surface area contributed by atoms with Gasteiger partial charge < -0.3 is 69.6 Å². The van der Waals surface area contributed by atoms with E-state index in [2.05, 4.69) is 34.6 Å². The highest BCUT2D eigenvalue weighted by atomic mass is 16.7. The van der Waals surface area contributed by atoms with Gasteiger partial charge in [0.05, 0.1) is 48.8 Å². The van der Waals surface area contributed by atoms with E-state index in [1.165, 1.54) is 0 Å². The summed E-state index contributed by atoms with van der Waals surface area (Å²) in [5.74, 6) is -0.0233. The molecule has 8 aliphatic rings. The van der Waals surface area contributed by atoms with Crippen LogP contribution in [0.4, 0.5) is 0 Å². The molecule has 8 rings (SSSR count). The molecule has 9 N–H and O–H groups in total. The summed E-state index contributed by atoms with van der Waals surface area (Å²) in [6.07, 6.45) is -6.76. The molecule has 8 fully saturated rings. The summed E-state index contributed by atoms with van der Waals surface area (Å²) < 4.78 is 31.0. The molecule has 5 saturated carbocycles. The normalized spacial score (nSPS) is 58.7. The number of rotatable bonds is 7. The third-order valence-electron chi connectivity index (χ3n) is 17.7. The van der Waals surface area contributed by atoms with Crippen LogP contribution >= 0.6 is 0 Å². The molecule has 55 heavy (non-hydrogen) atoms. The number of hydrogen-bond donors (Lipinski definition) is 9. The highest BCUT2D eigenvalue weighted by Gasteiger charge is 2.85. The van der Waals surface area contributed by atoms with Crippen LogP contribution in [0.2, 0.25) is 0 Å². The molecule has 3 saturated heterocycles. The van der Waals surface area contributed by atoms with Gasteiger partial charge in [0.1, 0.15) is 42.7 Å². The van der Waals surface area contributed by atoms with Crippen LogP contribution in [0.25, 0.3) is 0 Å². The van der Waals surface area contributed by atoms with E-state index in [-0.39, 0.29) is 52.1 Å². The third kappa shape index (κ3) is 5.63. The van der Waals surface area contributed by atoms with Crippen molar-refractivity contribution in [3.05, 3.63) is 0 Å². The fourth-order valence-electron chi connectivity index (χ4n) is 15.0. The Kier molecular flexibility index (Phi) is 9.90.